The molecule has 2 heterocycles. The van der Waals surface area contributed by atoms with Crippen LogP contribution in [0.1, 0.15) is 32.1 Å². The second kappa shape index (κ2) is 8.14. The molecular weight excluding hydrogens is 413 g/mol. The minimum Gasteiger partial charge on any atom is -0.465 e. The third-order valence-corrected chi connectivity index (χ3v) is 8.50. The van der Waals surface area contributed by atoms with E-state index in [-0.39, 0.29) is 28.7 Å². The van der Waals surface area contributed by atoms with E-state index in [1.165, 1.54) is 21.3 Å². The van der Waals surface area contributed by atoms with E-state index in [0.717, 1.165) is 37.8 Å². The molecule has 2 N–H and O–H groups in total. The highest BCUT2D eigenvalue weighted by Gasteiger charge is 2.47. The number of hydrogen-bond acceptors (Lipinski definition) is 4. The van der Waals surface area contributed by atoms with E-state index in [2.05, 4.69) is 5.32 Å². The summed E-state index contributed by atoms with van der Waals surface area (Å²) in [6.07, 6.45) is 2.53. The van der Waals surface area contributed by atoms with Crippen molar-refractivity contribution in [3.8, 4) is 0 Å². The van der Waals surface area contributed by atoms with Crippen LogP contribution in [0.2, 0.25) is 0 Å². The standard InChI is InChI=1S/C20H26FN3O5S/c21-14-5-7-15(8-6-14)30(28,29)23-11-13-4-9-17(16(13)12-23)22-19(25)18-3-1-2-10-24(18)20(26)27/h5-8,13,16-18H,1-4,9-12H2,(H,22,25)(H,26,27)/t13-,16+,17+,18?/m0/s1. The van der Waals surface area contributed by atoms with Crippen molar-refractivity contribution in [2.45, 2.75) is 49.1 Å². The van der Waals surface area contributed by atoms with Gasteiger partial charge < -0.3 is 10.4 Å². The van der Waals surface area contributed by atoms with E-state index < -0.39 is 28.0 Å². The average Bonchev–Trinajstić information content (AvgIpc) is 3.31. The number of carboxylic acid groups (broad SMARTS) is 1. The molecule has 4 atom stereocenters. The van der Waals surface area contributed by atoms with Gasteiger partial charge in [0.2, 0.25) is 15.9 Å². The normalized spacial score (nSPS) is 29.6. The van der Waals surface area contributed by atoms with Gasteiger partial charge in [-0.05, 0) is 68.2 Å². The van der Waals surface area contributed by atoms with Crippen LogP contribution < -0.4 is 5.32 Å². The second-order valence-electron chi connectivity index (χ2n) is 8.38. The van der Waals surface area contributed by atoms with Gasteiger partial charge in [-0.2, -0.15) is 4.31 Å². The SMILES string of the molecule is O=C(N[C@@H]1CC[C@H]2CN(S(=O)(=O)c3ccc(F)cc3)C[C@H]21)C1CCCCN1C(=O)O. The van der Waals surface area contributed by atoms with Gasteiger partial charge in [0, 0.05) is 25.7 Å². The highest BCUT2D eigenvalue weighted by atomic mass is 32.2. The number of sulfonamides is 1. The zero-order valence-electron chi connectivity index (χ0n) is 16.5. The average molecular weight is 440 g/mol. The maximum atomic E-state index is 13.2. The number of likely N-dealkylation sites (tertiary alicyclic amines) is 1. The summed E-state index contributed by atoms with van der Waals surface area (Å²) < 4.78 is 40.4. The Kier molecular flexibility index (Phi) is 5.71. The largest absolute Gasteiger partial charge is 0.465 e. The molecular formula is C20H26FN3O5S. The molecule has 30 heavy (non-hydrogen) atoms. The Labute approximate surface area is 175 Å². The monoisotopic (exact) mass is 439 g/mol. The maximum Gasteiger partial charge on any atom is 0.407 e. The Morgan fingerprint density at radius 1 is 1.07 bits per heavy atom. The van der Waals surface area contributed by atoms with E-state index in [1.54, 1.807) is 0 Å². The first-order chi connectivity index (χ1) is 14.3. The molecule has 0 radical (unpaired) electrons. The van der Waals surface area contributed by atoms with Gasteiger partial charge in [-0.25, -0.2) is 17.6 Å². The lowest BCUT2D eigenvalue weighted by molar-refractivity contribution is -0.127. The molecule has 4 rings (SSSR count). The fourth-order valence-corrected chi connectivity index (χ4v) is 6.60. The van der Waals surface area contributed by atoms with Gasteiger partial charge >= 0.3 is 6.09 Å². The quantitative estimate of drug-likeness (QED) is 0.745. The first kappa shape index (κ1) is 21.0. The Bertz CT molecular complexity index is 923. The lowest BCUT2D eigenvalue weighted by Crippen LogP contribution is -2.54. The van der Waals surface area contributed by atoms with Crippen molar-refractivity contribution >= 4 is 22.0 Å². The smallest absolute Gasteiger partial charge is 0.407 e. The molecule has 0 aromatic heterocycles. The lowest BCUT2D eigenvalue weighted by atomic mass is 9.96. The number of carbonyl (C=O) groups excluding carboxylic acids is 1. The van der Waals surface area contributed by atoms with Crippen molar-refractivity contribution in [3.63, 3.8) is 0 Å². The molecule has 8 nitrogen and oxygen atoms in total. The fraction of sp³-hybridized carbons (Fsp3) is 0.600. The summed E-state index contributed by atoms with van der Waals surface area (Å²) in [7, 11) is -3.72. The van der Waals surface area contributed by atoms with Gasteiger partial charge in [0.05, 0.1) is 4.90 Å². The predicted molar refractivity (Wildman–Crippen MR) is 106 cm³/mol. The molecule has 0 spiro atoms. The minimum atomic E-state index is -3.72. The summed E-state index contributed by atoms with van der Waals surface area (Å²) in [5, 5.41) is 12.4. The molecule has 1 aromatic rings. The molecule has 1 saturated carbocycles. The van der Waals surface area contributed by atoms with Crippen LogP contribution in [0.4, 0.5) is 9.18 Å². The van der Waals surface area contributed by atoms with Crippen molar-refractivity contribution in [2.75, 3.05) is 19.6 Å². The van der Waals surface area contributed by atoms with Crippen LogP contribution in [0.3, 0.4) is 0 Å². The van der Waals surface area contributed by atoms with E-state index in [0.29, 0.717) is 26.1 Å². The number of halogens is 1. The summed E-state index contributed by atoms with van der Waals surface area (Å²) in [6.45, 7) is 1.03. The molecule has 1 unspecified atom stereocenters. The first-order valence-corrected chi connectivity index (χ1v) is 11.8. The summed E-state index contributed by atoms with van der Waals surface area (Å²) in [5.74, 6) is -0.644. The van der Waals surface area contributed by atoms with Crippen LogP contribution in [0.25, 0.3) is 0 Å². The number of fused-ring (bicyclic) bond motifs is 1. The van der Waals surface area contributed by atoms with Gasteiger partial charge in [0.25, 0.3) is 0 Å². The molecule has 1 aliphatic carbocycles. The summed E-state index contributed by atoms with van der Waals surface area (Å²) >= 11 is 0. The third-order valence-electron chi connectivity index (χ3n) is 6.65. The Balaban J connectivity index is 1.43. The third kappa shape index (κ3) is 3.90. The zero-order valence-corrected chi connectivity index (χ0v) is 17.4. The summed E-state index contributed by atoms with van der Waals surface area (Å²) in [4.78, 5) is 25.5. The summed E-state index contributed by atoms with van der Waals surface area (Å²) in [6, 6.07) is 3.93. The van der Waals surface area contributed by atoms with Gasteiger partial charge in [-0.15, -0.1) is 0 Å². The molecule has 1 aromatic carbocycles. The molecule has 10 heteroatoms. The second-order valence-corrected chi connectivity index (χ2v) is 10.3. The molecule has 2 amide bonds. The number of benzene rings is 1. The number of carbonyl (C=O) groups is 2. The van der Waals surface area contributed by atoms with Crippen molar-refractivity contribution in [2.24, 2.45) is 11.8 Å². The molecule has 164 valence electrons. The van der Waals surface area contributed by atoms with Gasteiger partial charge in [-0.3, -0.25) is 9.69 Å². The highest BCUT2D eigenvalue weighted by molar-refractivity contribution is 7.89. The van der Waals surface area contributed by atoms with E-state index in [9.17, 15) is 27.5 Å². The van der Waals surface area contributed by atoms with Crippen molar-refractivity contribution in [1.82, 2.24) is 14.5 Å². The summed E-state index contributed by atoms with van der Waals surface area (Å²) in [5.41, 5.74) is 0. The topological polar surface area (TPSA) is 107 Å². The number of hydrogen-bond donors (Lipinski definition) is 2. The van der Waals surface area contributed by atoms with Crippen LogP contribution in [0.5, 0.6) is 0 Å². The molecule has 2 aliphatic heterocycles. The van der Waals surface area contributed by atoms with Crippen molar-refractivity contribution in [3.05, 3.63) is 30.1 Å². The number of rotatable bonds is 4. The van der Waals surface area contributed by atoms with Crippen LogP contribution in [-0.4, -0.2) is 66.4 Å². The lowest BCUT2D eigenvalue weighted by Gasteiger charge is -2.33. The highest BCUT2D eigenvalue weighted by Crippen LogP contribution is 2.40. The predicted octanol–water partition coefficient (Wildman–Crippen LogP) is 1.87. The van der Waals surface area contributed by atoms with Gasteiger partial charge in [-0.1, -0.05) is 0 Å². The van der Waals surface area contributed by atoms with Crippen LogP contribution in [0, 0.1) is 17.7 Å². The van der Waals surface area contributed by atoms with E-state index in [1.807, 2.05) is 0 Å². The Morgan fingerprint density at radius 2 is 1.80 bits per heavy atom. The van der Waals surface area contributed by atoms with Crippen LogP contribution in [-0.2, 0) is 14.8 Å². The van der Waals surface area contributed by atoms with Gasteiger partial charge in [0.1, 0.15) is 11.9 Å². The van der Waals surface area contributed by atoms with E-state index >= 15 is 0 Å². The Hall–Kier alpha value is -2.20. The Morgan fingerprint density at radius 3 is 2.50 bits per heavy atom. The molecule has 0 bridgehead atoms. The molecule has 3 fully saturated rings. The number of nitrogens with one attached hydrogen (secondary N) is 1. The number of amides is 2. The number of nitrogens with zero attached hydrogens (tertiary/aromatic N) is 2. The van der Waals surface area contributed by atoms with E-state index in [4.69, 9.17) is 0 Å². The molecule has 3 aliphatic rings. The number of piperidine rings is 1. The zero-order chi connectivity index (χ0) is 21.5. The van der Waals surface area contributed by atoms with Gasteiger partial charge in [0.15, 0.2) is 0 Å². The fourth-order valence-electron chi connectivity index (χ4n) is 5.07. The van der Waals surface area contributed by atoms with Crippen LogP contribution in [0.15, 0.2) is 29.2 Å². The van der Waals surface area contributed by atoms with Crippen molar-refractivity contribution < 1.29 is 27.5 Å². The maximum absolute atomic E-state index is 13.2. The molecule has 2 saturated heterocycles. The minimum absolute atomic E-state index is 0.00829. The first-order valence-electron chi connectivity index (χ1n) is 10.3. The van der Waals surface area contributed by atoms with Crippen LogP contribution >= 0.6 is 0 Å². The van der Waals surface area contributed by atoms with Crippen molar-refractivity contribution in [1.29, 1.82) is 0 Å².